The van der Waals surface area contributed by atoms with E-state index < -0.39 is 0 Å². The molecule has 1 aliphatic rings. The van der Waals surface area contributed by atoms with Gasteiger partial charge < -0.3 is 5.11 Å². The van der Waals surface area contributed by atoms with Crippen LogP contribution in [-0.2, 0) is 13.1 Å². The van der Waals surface area contributed by atoms with E-state index in [-0.39, 0.29) is 12.6 Å². The van der Waals surface area contributed by atoms with Crippen molar-refractivity contribution in [3.8, 4) is 0 Å². The first-order valence-corrected chi connectivity index (χ1v) is 9.42. The maximum absolute atomic E-state index is 9.76. The summed E-state index contributed by atoms with van der Waals surface area (Å²) in [4.78, 5) is 9.29. The summed E-state index contributed by atoms with van der Waals surface area (Å²) >= 11 is 1.87. The molecule has 24 heavy (non-hydrogen) atoms. The molecule has 0 amide bonds. The minimum absolute atomic E-state index is 0.169. The first-order chi connectivity index (χ1) is 11.8. The average molecular weight is 347 g/mol. The number of hydrogen-bond acceptors (Lipinski definition) is 6. The fraction of sp³-hybridized carbons (Fsp3) is 0.500. The molecule has 0 aliphatic carbocycles. The number of hydrazine groups is 1. The molecule has 6 heteroatoms. The van der Waals surface area contributed by atoms with Crippen molar-refractivity contribution in [3.05, 3.63) is 52.0 Å². The normalized spacial score (nSPS) is 19.0. The predicted molar refractivity (Wildman–Crippen MR) is 97.5 cm³/mol. The van der Waals surface area contributed by atoms with Gasteiger partial charge in [-0.25, -0.2) is 5.43 Å². The van der Waals surface area contributed by atoms with Crippen LogP contribution < -0.4 is 10.9 Å². The summed E-state index contributed by atoms with van der Waals surface area (Å²) in [5.74, 6) is 0. The largest absolute Gasteiger partial charge is 0.395 e. The van der Waals surface area contributed by atoms with Gasteiger partial charge in [0.2, 0.25) is 0 Å². The highest BCUT2D eigenvalue weighted by molar-refractivity contribution is 7.12. The zero-order valence-electron chi connectivity index (χ0n) is 14.1. The second kappa shape index (κ2) is 8.69. The Balaban J connectivity index is 1.71. The quantitative estimate of drug-likeness (QED) is 0.685. The van der Waals surface area contributed by atoms with Crippen molar-refractivity contribution < 1.29 is 5.11 Å². The minimum atomic E-state index is 0.169. The summed E-state index contributed by atoms with van der Waals surface area (Å²) in [5, 5.41) is 9.76. The van der Waals surface area contributed by atoms with E-state index in [1.165, 1.54) is 15.3 Å². The Bertz CT molecular complexity index is 608. The first-order valence-electron chi connectivity index (χ1n) is 8.61. The van der Waals surface area contributed by atoms with Gasteiger partial charge in [0.05, 0.1) is 12.6 Å². The highest BCUT2D eigenvalue weighted by atomic mass is 32.1. The number of aliphatic hydroxyl groups is 1. The molecule has 3 heterocycles. The lowest BCUT2D eigenvalue weighted by Gasteiger charge is -2.29. The number of hydrogen-bond donors (Lipinski definition) is 3. The number of aromatic nitrogens is 1. The third kappa shape index (κ3) is 4.40. The first kappa shape index (κ1) is 17.5. The molecular weight excluding hydrogens is 320 g/mol. The van der Waals surface area contributed by atoms with Crippen LogP contribution in [0, 0.1) is 0 Å². The van der Waals surface area contributed by atoms with Crippen molar-refractivity contribution in [2.45, 2.75) is 44.9 Å². The predicted octanol–water partition coefficient (Wildman–Crippen LogP) is 2.46. The Hall–Kier alpha value is -1.31. The van der Waals surface area contributed by atoms with E-state index in [4.69, 9.17) is 0 Å². The van der Waals surface area contributed by atoms with Gasteiger partial charge in [-0.2, -0.15) is 0 Å². The van der Waals surface area contributed by atoms with Crippen molar-refractivity contribution in [1.82, 2.24) is 20.7 Å². The summed E-state index contributed by atoms with van der Waals surface area (Å²) in [6.45, 7) is 5.00. The van der Waals surface area contributed by atoms with Gasteiger partial charge in [0, 0.05) is 47.8 Å². The van der Waals surface area contributed by atoms with Crippen molar-refractivity contribution in [2.24, 2.45) is 0 Å². The van der Waals surface area contributed by atoms with E-state index in [1.807, 2.05) is 23.6 Å². The number of rotatable bonds is 8. The molecule has 3 rings (SSSR count). The molecule has 2 atom stereocenters. The maximum Gasteiger partial charge on any atom is 0.0587 e. The third-order valence-electron chi connectivity index (χ3n) is 4.53. The third-order valence-corrected chi connectivity index (χ3v) is 5.71. The monoisotopic (exact) mass is 346 g/mol. The van der Waals surface area contributed by atoms with Crippen LogP contribution >= 0.6 is 11.3 Å². The Morgan fingerprint density at radius 2 is 2.29 bits per heavy atom. The lowest BCUT2D eigenvalue weighted by Crippen LogP contribution is -2.36. The number of pyridine rings is 1. The van der Waals surface area contributed by atoms with E-state index in [0.29, 0.717) is 6.04 Å². The highest BCUT2D eigenvalue weighted by Gasteiger charge is 2.21. The molecule has 5 nitrogen and oxygen atoms in total. The van der Waals surface area contributed by atoms with Crippen molar-refractivity contribution in [1.29, 1.82) is 0 Å². The van der Waals surface area contributed by atoms with Gasteiger partial charge in [0.15, 0.2) is 0 Å². The van der Waals surface area contributed by atoms with Crippen molar-refractivity contribution in [3.63, 3.8) is 0 Å². The number of nitrogens with one attached hydrogen (secondary N) is 2. The second-order valence-electron chi connectivity index (χ2n) is 6.23. The fourth-order valence-corrected chi connectivity index (χ4v) is 4.23. The molecule has 0 radical (unpaired) electrons. The Morgan fingerprint density at radius 1 is 1.38 bits per heavy atom. The van der Waals surface area contributed by atoms with E-state index in [0.717, 1.165) is 32.5 Å². The van der Waals surface area contributed by atoms with E-state index in [2.05, 4.69) is 45.9 Å². The summed E-state index contributed by atoms with van der Waals surface area (Å²) in [7, 11) is 0. The summed E-state index contributed by atoms with van der Waals surface area (Å²) in [5.41, 5.74) is 7.70. The van der Waals surface area contributed by atoms with E-state index >= 15 is 0 Å². The van der Waals surface area contributed by atoms with Crippen LogP contribution in [0.1, 0.15) is 41.1 Å². The molecule has 0 saturated carbocycles. The van der Waals surface area contributed by atoms with E-state index in [9.17, 15) is 5.11 Å². The zero-order valence-corrected chi connectivity index (χ0v) is 14.9. The van der Waals surface area contributed by atoms with Crippen LogP contribution in [-0.4, -0.2) is 34.2 Å². The van der Waals surface area contributed by atoms with Crippen LogP contribution in [0.3, 0.4) is 0 Å². The van der Waals surface area contributed by atoms with Crippen molar-refractivity contribution >= 4 is 11.3 Å². The molecule has 130 valence electrons. The topological polar surface area (TPSA) is 60.4 Å². The van der Waals surface area contributed by atoms with Crippen LogP contribution in [0.25, 0.3) is 0 Å². The van der Waals surface area contributed by atoms with E-state index in [1.54, 1.807) is 6.20 Å². The molecule has 3 N–H and O–H groups in total. The number of aliphatic hydroxyl groups excluding tert-OH is 1. The number of thiophene rings is 1. The molecule has 1 saturated heterocycles. The van der Waals surface area contributed by atoms with Crippen LogP contribution in [0.4, 0.5) is 0 Å². The van der Waals surface area contributed by atoms with Gasteiger partial charge >= 0.3 is 0 Å². The maximum atomic E-state index is 9.76. The molecule has 2 aromatic heterocycles. The van der Waals surface area contributed by atoms with Gasteiger partial charge in [-0.15, -0.1) is 11.3 Å². The highest BCUT2D eigenvalue weighted by Crippen LogP contribution is 2.28. The zero-order chi connectivity index (χ0) is 16.8. The average Bonchev–Trinajstić information content (AvgIpc) is 3.28. The van der Waals surface area contributed by atoms with Crippen LogP contribution in [0.15, 0.2) is 36.7 Å². The van der Waals surface area contributed by atoms with Gasteiger partial charge in [0.1, 0.15) is 0 Å². The van der Waals surface area contributed by atoms with Gasteiger partial charge in [0.25, 0.3) is 0 Å². The molecule has 1 aliphatic heterocycles. The molecular formula is C18H26N4OS. The smallest absolute Gasteiger partial charge is 0.0587 e. The van der Waals surface area contributed by atoms with Gasteiger partial charge in [-0.05, 0) is 36.6 Å². The molecule has 0 spiro atoms. The Labute approximate surface area is 147 Å². The van der Waals surface area contributed by atoms with Crippen LogP contribution in [0.5, 0.6) is 0 Å². The lowest BCUT2D eigenvalue weighted by molar-refractivity contribution is 0.107. The molecule has 1 fully saturated rings. The Morgan fingerprint density at radius 3 is 2.96 bits per heavy atom. The summed E-state index contributed by atoms with van der Waals surface area (Å²) < 4.78 is 0. The SMILES string of the molecule is CCC(CO)N(Cc1cccnc1)Cc1ccc(C2CCNN2)s1. The summed E-state index contributed by atoms with van der Waals surface area (Å²) in [6, 6.07) is 9.11. The Kier molecular flexibility index (Phi) is 6.34. The van der Waals surface area contributed by atoms with Crippen LogP contribution in [0.2, 0.25) is 0 Å². The van der Waals surface area contributed by atoms with Crippen molar-refractivity contribution in [2.75, 3.05) is 13.2 Å². The van der Waals surface area contributed by atoms with Gasteiger partial charge in [-0.1, -0.05) is 13.0 Å². The standard InChI is InChI=1S/C18H26N4OS/c1-2-15(13-23)22(11-14-4-3-8-19-10-14)12-16-5-6-18(24-16)17-7-9-20-21-17/h3-6,8,10,15,17,20-21,23H,2,7,9,11-13H2,1H3. The van der Waals surface area contributed by atoms with Gasteiger partial charge in [-0.3, -0.25) is 15.3 Å². The fourth-order valence-electron chi connectivity index (χ4n) is 3.11. The lowest BCUT2D eigenvalue weighted by atomic mass is 10.1. The minimum Gasteiger partial charge on any atom is -0.395 e. The molecule has 0 aromatic carbocycles. The molecule has 2 unspecified atom stereocenters. The molecule has 2 aromatic rings. The summed E-state index contributed by atoms with van der Waals surface area (Å²) in [6.07, 6.45) is 5.77. The second-order valence-corrected chi connectivity index (χ2v) is 7.43. The number of nitrogens with zero attached hydrogens (tertiary/aromatic N) is 2. The molecule has 0 bridgehead atoms.